The van der Waals surface area contributed by atoms with Crippen molar-refractivity contribution in [1.29, 1.82) is 0 Å². The van der Waals surface area contributed by atoms with Crippen LogP contribution in [0.2, 0.25) is 0 Å². The average Bonchev–Trinajstić information content (AvgIpc) is 2.29. The third kappa shape index (κ3) is 0.994. The lowest BCUT2D eigenvalue weighted by atomic mass is 10.1. The van der Waals surface area contributed by atoms with Gasteiger partial charge in [0.15, 0.2) is 0 Å². The van der Waals surface area contributed by atoms with Gasteiger partial charge < -0.3 is 0 Å². The summed E-state index contributed by atoms with van der Waals surface area (Å²) in [5.74, 6) is 0. The summed E-state index contributed by atoms with van der Waals surface area (Å²) in [6, 6.07) is 0. The molecule has 2 aliphatic carbocycles. The Bertz CT molecular complexity index is 273. The second kappa shape index (κ2) is 2.61. The zero-order valence-corrected chi connectivity index (χ0v) is 9.66. The molecule has 1 fully saturated rings. The SMILES string of the molecule is ClC1=C(Cl)C2(Cl)CC1(Cl)CC2Cl. The molecule has 68 valence electrons. The van der Waals surface area contributed by atoms with E-state index in [2.05, 4.69) is 0 Å². The summed E-state index contributed by atoms with van der Waals surface area (Å²) in [6.45, 7) is 0. The van der Waals surface area contributed by atoms with E-state index in [0.717, 1.165) is 0 Å². The van der Waals surface area contributed by atoms with E-state index in [1.165, 1.54) is 0 Å². The van der Waals surface area contributed by atoms with Crippen molar-refractivity contribution in [3.63, 3.8) is 0 Å². The molecule has 0 saturated heterocycles. The summed E-state index contributed by atoms with van der Waals surface area (Å²) >= 11 is 30.2. The van der Waals surface area contributed by atoms with E-state index in [0.29, 0.717) is 22.9 Å². The first-order chi connectivity index (χ1) is 5.40. The molecule has 3 unspecified atom stereocenters. The number of fused-ring (bicyclic) bond motifs is 2. The largest absolute Gasteiger partial charge is 0.121 e. The molecule has 0 aromatic rings. The maximum absolute atomic E-state index is 6.19. The van der Waals surface area contributed by atoms with Crippen LogP contribution in [0.4, 0.5) is 0 Å². The van der Waals surface area contributed by atoms with Gasteiger partial charge >= 0.3 is 0 Å². The highest BCUT2D eigenvalue weighted by atomic mass is 35.5. The van der Waals surface area contributed by atoms with Crippen LogP contribution in [-0.2, 0) is 0 Å². The molecule has 0 amide bonds. The maximum atomic E-state index is 6.19. The molecule has 3 atom stereocenters. The van der Waals surface area contributed by atoms with Crippen LogP contribution in [0.15, 0.2) is 10.1 Å². The third-order valence-electron chi connectivity index (χ3n) is 2.49. The van der Waals surface area contributed by atoms with Crippen molar-refractivity contribution >= 4 is 58.0 Å². The molecule has 0 aliphatic heterocycles. The smallest absolute Gasteiger partial charge is 0.0996 e. The number of allylic oxidation sites excluding steroid dienone is 2. The van der Waals surface area contributed by atoms with E-state index < -0.39 is 9.75 Å². The van der Waals surface area contributed by atoms with Gasteiger partial charge in [0.2, 0.25) is 0 Å². The van der Waals surface area contributed by atoms with E-state index in [9.17, 15) is 0 Å². The zero-order valence-electron chi connectivity index (χ0n) is 5.88. The first kappa shape index (κ1) is 9.73. The van der Waals surface area contributed by atoms with E-state index in [1.807, 2.05) is 0 Å². The number of hydrogen-bond acceptors (Lipinski definition) is 0. The van der Waals surface area contributed by atoms with E-state index in [-0.39, 0.29) is 5.38 Å². The van der Waals surface area contributed by atoms with Gasteiger partial charge in [0.25, 0.3) is 0 Å². The van der Waals surface area contributed by atoms with Crippen molar-refractivity contribution in [3.8, 4) is 0 Å². The van der Waals surface area contributed by atoms with Crippen molar-refractivity contribution in [2.24, 2.45) is 0 Å². The van der Waals surface area contributed by atoms with Crippen LogP contribution in [0.1, 0.15) is 12.8 Å². The molecular formula is C7H5Cl5. The molecule has 12 heavy (non-hydrogen) atoms. The van der Waals surface area contributed by atoms with Gasteiger partial charge in [0, 0.05) is 0 Å². The summed E-state index contributed by atoms with van der Waals surface area (Å²) in [7, 11) is 0. The topological polar surface area (TPSA) is 0 Å². The molecule has 5 heteroatoms. The van der Waals surface area contributed by atoms with E-state index in [1.54, 1.807) is 0 Å². The van der Waals surface area contributed by atoms with Crippen LogP contribution in [-0.4, -0.2) is 15.1 Å². The Morgan fingerprint density at radius 3 is 2.08 bits per heavy atom. The quantitative estimate of drug-likeness (QED) is 0.580. The molecule has 2 bridgehead atoms. The molecule has 0 spiro atoms. The highest BCUT2D eigenvalue weighted by molar-refractivity contribution is 6.52. The molecule has 2 rings (SSSR count). The fourth-order valence-electron chi connectivity index (χ4n) is 1.80. The van der Waals surface area contributed by atoms with Crippen LogP contribution < -0.4 is 0 Å². The minimum atomic E-state index is -0.720. The summed E-state index contributed by atoms with van der Waals surface area (Å²) in [5, 5.41) is 0.677. The van der Waals surface area contributed by atoms with Crippen molar-refractivity contribution in [2.45, 2.75) is 28.0 Å². The monoisotopic (exact) mass is 264 g/mol. The van der Waals surface area contributed by atoms with Gasteiger partial charge in [0.1, 0.15) is 0 Å². The van der Waals surface area contributed by atoms with Crippen LogP contribution in [0.3, 0.4) is 0 Å². The highest BCUT2D eigenvalue weighted by Crippen LogP contribution is 2.64. The van der Waals surface area contributed by atoms with Crippen LogP contribution in [0.5, 0.6) is 0 Å². The van der Waals surface area contributed by atoms with Gasteiger partial charge in [-0.3, -0.25) is 0 Å². The lowest BCUT2D eigenvalue weighted by molar-refractivity contribution is 0.732. The lowest BCUT2D eigenvalue weighted by Gasteiger charge is -2.25. The van der Waals surface area contributed by atoms with Crippen LogP contribution in [0, 0.1) is 0 Å². The molecule has 0 nitrogen and oxygen atoms in total. The molecule has 0 aromatic heterocycles. The zero-order chi connectivity index (χ0) is 9.15. The first-order valence-electron chi connectivity index (χ1n) is 3.48. The first-order valence-corrected chi connectivity index (χ1v) is 5.43. The van der Waals surface area contributed by atoms with Gasteiger partial charge in [-0.25, -0.2) is 0 Å². The second-order valence-corrected chi connectivity index (χ2v) is 5.98. The highest BCUT2D eigenvalue weighted by Gasteiger charge is 2.62. The number of rotatable bonds is 0. The van der Waals surface area contributed by atoms with E-state index in [4.69, 9.17) is 58.0 Å². The normalized spacial score (nSPS) is 52.2. The molecule has 1 saturated carbocycles. The summed E-state index contributed by atoms with van der Waals surface area (Å²) < 4.78 is 0. The van der Waals surface area contributed by atoms with Crippen molar-refractivity contribution in [3.05, 3.63) is 10.1 Å². The van der Waals surface area contributed by atoms with Gasteiger partial charge in [0.05, 0.1) is 25.2 Å². The summed E-state index contributed by atoms with van der Waals surface area (Å²) in [4.78, 5) is -1.32. The molecule has 0 aromatic carbocycles. The molecule has 0 N–H and O–H groups in total. The fraction of sp³-hybridized carbons (Fsp3) is 0.714. The lowest BCUT2D eigenvalue weighted by Crippen LogP contribution is -2.28. The Morgan fingerprint density at radius 2 is 1.75 bits per heavy atom. The standard InChI is InChI=1S/C7H5Cl5/c8-3-1-6(11)2-7(3,12)5(10)4(6)9/h3H,1-2H2. The summed E-state index contributed by atoms with van der Waals surface area (Å²) in [5.41, 5.74) is 0. The minimum absolute atomic E-state index is 0.216. The number of hydrogen-bond donors (Lipinski definition) is 0. The average molecular weight is 266 g/mol. The predicted octanol–water partition coefficient (Wildman–Crippen LogP) is 4.05. The Balaban J connectivity index is 2.54. The second-order valence-electron chi connectivity index (χ2n) is 3.30. The Labute approximate surface area is 95.7 Å². The molecule has 0 heterocycles. The van der Waals surface area contributed by atoms with E-state index >= 15 is 0 Å². The number of alkyl halides is 3. The molecular weight excluding hydrogens is 261 g/mol. The molecule has 0 radical (unpaired) electrons. The third-order valence-corrected chi connectivity index (χ3v) is 5.56. The van der Waals surface area contributed by atoms with Gasteiger partial charge in [-0.1, -0.05) is 23.2 Å². The van der Waals surface area contributed by atoms with Gasteiger partial charge in [-0.15, -0.1) is 34.8 Å². The molecule has 2 aliphatic rings. The maximum Gasteiger partial charge on any atom is 0.0996 e. The van der Waals surface area contributed by atoms with Crippen molar-refractivity contribution in [2.75, 3.05) is 0 Å². The van der Waals surface area contributed by atoms with Gasteiger partial charge in [-0.05, 0) is 12.8 Å². The minimum Gasteiger partial charge on any atom is -0.121 e. The fourth-order valence-corrected chi connectivity index (χ4v) is 4.10. The van der Waals surface area contributed by atoms with Crippen molar-refractivity contribution < 1.29 is 0 Å². The van der Waals surface area contributed by atoms with Crippen molar-refractivity contribution in [1.82, 2.24) is 0 Å². The predicted molar refractivity (Wildman–Crippen MR) is 54.8 cm³/mol. The Hall–Kier alpha value is 1.19. The van der Waals surface area contributed by atoms with Gasteiger partial charge in [-0.2, -0.15) is 0 Å². The Morgan fingerprint density at radius 1 is 1.17 bits per heavy atom. The van der Waals surface area contributed by atoms with Crippen LogP contribution in [0.25, 0.3) is 0 Å². The number of halogens is 5. The Kier molecular flexibility index (Phi) is 2.12. The van der Waals surface area contributed by atoms with Crippen LogP contribution >= 0.6 is 58.0 Å². The summed E-state index contributed by atoms with van der Waals surface area (Å²) in [6.07, 6.45) is 1.13.